The highest BCUT2D eigenvalue weighted by Gasteiger charge is 2.11. The SMILES string of the molecule is Cc1c(C#N)nn(-c2cccnc2)c1N. The number of anilines is 1. The topological polar surface area (TPSA) is 80.5 Å². The van der Waals surface area contributed by atoms with Gasteiger partial charge in [0, 0.05) is 11.8 Å². The Balaban J connectivity index is 2.61. The molecule has 0 unspecified atom stereocenters. The van der Waals surface area contributed by atoms with Gasteiger partial charge in [-0.05, 0) is 19.1 Å². The Bertz CT molecular complexity index is 521. The van der Waals surface area contributed by atoms with Gasteiger partial charge in [-0.15, -0.1) is 0 Å². The first kappa shape index (κ1) is 9.21. The zero-order chi connectivity index (χ0) is 10.8. The van der Waals surface area contributed by atoms with Crippen molar-refractivity contribution in [2.24, 2.45) is 0 Å². The van der Waals surface area contributed by atoms with Crippen LogP contribution in [0.25, 0.3) is 5.69 Å². The lowest BCUT2D eigenvalue weighted by atomic mass is 10.3. The van der Waals surface area contributed by atoms with E-state index in [0.717, 1.165) is 5.69 Å². The molecule has 2 rings (SSSR count). The minimum Gasteiger partial charge on any atom is -0.383 e. The van der Waals surface area contributed by atoms with Gasteiger partial charge < -0.3 is 5.73 Å². The van der Waals surface area contributed by atoms with Crippen molar-refractivity contribution in [1.82, 2.24) is 14.8 Å². The molecule has 15 heavy (non-hydrogen) atoms. The third-order valence-corrected chi connectivity index (χ3v) is 2.16. The van der Waals surface area contributed by atoms with Gasteiger partial charge in [-0.2, -0.15) is 10.4 Å². The standard InChI is InChI=1S/C10H9N5/c1-7-9(5-11)14-15(10(7)12)8-3-2-4-13-6-8/h2-4,6H,12H2,1H3. The van der Waals surface area contributed by atoms with E-state index in [1.807, 2.05) is 12.1 Å². The molecule has 0 aliphatic rings. The van der Waals surface area contributed by atoms with Crippen molar-refractivity contribution in [3.63, 3.8) is 0 Å². The number of nitrogens with two attached hydrogens (primary N) is 1. The smallest absolute Gasteiger partial charge is 0.168 e. The maximum atomic E-state index is 8.81. The van der Waals surface area contributed by atoms with Crippen molar-refractivity contribution in [3.05, 3.63) is 35.8 Å². The molecule has 0 aromatic carbocycles. The maximum Gasteiger partial charge on any atom is 0.168 e. The van der Waals surface area contributed by atoms with Gasteiger partial charge in [0.2, 0.25) is 0 Å². The van der Waals surface area contributed by atoms with Gasteiger partial charge in [-0.25, -0.2) is 4.68 Å². The third-order valence-electron chi connectivity index (χ3n) is 2.16. The fourth-order valence-corrected chi connectivity index (χ4v) is 1.29. The normalized spacial score (nSPS) is 9.87. The van der Waals surface area contributed by atoms with Crippen molar-refractivity contribution in [3.8, 4) is 11.8 Å². The van der Waals surface area contributed by atoms with Crippen LogP contribution in [0.5, 0.6) is 0 Å². The van der Waals surface area contributed by atoms with Gasteiger partial charge in [0.05, 0.1) is 11.9 Å². The van der Waals surface area contributed by atoms with Crippen LogP contribution < -0.4 is 5.73 Å². The predicted octanol–water partition coefficient (Wildman–Crippen LogP) is 1.03. The van der Waals surface area contributed by atoms with E-state index in [4.69, 9.17) is 11.0 Å². The summed E-state index contributed by atoms with van der Waals surface area (Å²) < 4.78 is 1.51. The van der Waals surface area contributed by atoms with Gasteiger partial charge >= 0.3 is 0 Å². The second kappa shape index (κ2) is 3.42. The highest BCUT2D eigenvalue weighted by molar-refractivity contribution is 5.51. The molecule has 5 nitrogen and oxygen atoms in total. The number of nitrogen functional groups attached to an aromatic ring is 1. The number of aromatic nitrogens is 3. The molecule has 2 aromatic rings. The first-order valence-electron chi connectivity index (χ1n) is 4.39. The average Bonchev–Trinajstić information content (AvgIpc) is 2.57. The molecule has 2 aromatic heterocycles. The van der Waals surface area contributed by atoms with Crippen molar-refractivity contribution in [1.29, 1.82) is 5.26 Å². The minimum atomic E-state index is 0.344. The molecule has 5 heteroatoms. The first-order chi connectivity index (χ1) is 7.24. The average molecular weight is 199 g/mol. The van der Waals surface area contributed by atoms with E-state index >= 15 is 0 Å². The third kappa shape index (κ3) is 1.42. The summed E-state index contributed by atoms with van der Waals surface area (Å²) in [6.45, 7) is 1.77. The molecule has 74 valence electrons. The van der Waals surface area contributed by atoms with Crippen LogP contribution in [0.4, 0.5) is 5.82 Å². The minimum absolute atomic E-state index is 0.344. The lowest BCUT2D eigenvalue weighted by Gasteiger charge is -2.01. The van der Waals surface area contributed by atoms with E-state index < -0.39 is 0 Å². The lowest BCUT2D eigenvalue weighted by molar-refractivity contribution is 0.877. The molecule has 0 fully saturated rings. The van der Waals surface area contributed by atoms with Gasteiger partial charge in [-0.3, -0.25) is 4.98 Å². The molecule has 2 heterocycles. The molecule has 0 radical (unpaired) electrons. The monoisotopic (exact) mass is 199 g/mol. The van der Waals surface area contributed by atoms with Crippen LogP contribution in [0.15, 0.2) is 24.5 Å². The Morgan fingerprint density at radius 1 is 1.53 bits per heavy atom. The van der Waals surface area contributed by atoms with E-state index in [0.29, 0.717) is 17.1 Å². The Kier molecular flexibility index (Phi) is 2.10. The quantitative estimate of drug-likeness (QED) is 0.743. The first-order valence-corrected chi connectivity index (χ1v) is 4.39. The highest BCUT2D eigenvalue weighted by Crippen LogP contribution is 2.18. The Morgan fingerprint density at radius 2 is 2.33 bits per heavy atom. The lowest BCUT2D eigenvalue weighted by Crippen LogP contribution is -2.02. The van der Waals surface area contributed by atoms with E-state index in [2.05, 4.69) is 10.1 Å². The summed E-state index contributed by atoms with van der Waals surface area (Å²) in [5.41, 5.74) is 7.62. The van der Waals surface area contributed by atoms with E-state index in [1.54, 1.807) is 25.4 Å². The van der Waals surface area contributed by atoms with Gasteiger partial charge in [0.15, 0.2) is 5.69 Å². The van der Waals surface area contributed by atoms with Crippen LogP contribution >= 0.6 is 0 Å². The summed E-state index contributed by atoms with van der Waals surface area (Å²) in [4.78, 5) is 3.97. The van der Waals surface area contributed by atoms with Crippen LogP contribution in [0.3, 0.4) is 0 Å². The molecule has 0 spiro atoms. The van der Waals surface area contributed by atoms with Crippen LogP contribution in [0.2, 0.25) is 0 Å². The van der Waals surface area contributed by atoms with E-state index in [9.17, 15) is 0 Å². The molecule has 0 aliphatic heterocycles. The Morgan fingerprint density at radius 3 is 2.87 bits per heavy atom. The molecule has 0 aliphatic carbocycles. The van der Waals surface area contributed by atoms with Gasteiger partial charge in [0.25, 0.3) is 0 Å². The van der Waals surface area contributed by atoms with Crippen LogP contribution in [0.1, 0.15) is 11.3 Å². The van der Waals surface area contributed by atoms with E-state index in [-0.39, 0.29) is 0 Å². The second-order valence-corrected chi connectivity index (χ2v) is 3.09. The van der Waals surface area contributed by atoms with Gasteiger partial charge in [0.1, 0.15) is 11.9 Å². The number of pyridine rings is 1. The predicted molar refractivity (Wildman–Crippen MR) is 55.2 cm³/mol. The zero-order valence-corrected chi connectivity index (χ0v) is 8.18. The molecule has 0 amide bonds. The van der Waals surface area contributed by atoms with Crippen molar-refractivity contribution >= 4 is 5.82 Å². The van der Waals surface area contributed by atoms with Gasteiger partial charge in [-0.1, -0.05) is 0 Å². The Hall–Kier alpha value is -2.35. The molecular weight excluding hydrogens is 190 g/mol. The van der Waals surface area contributed by atoms with Crippen LogP contribution in [-0.4, -0.2) is 14.8 Å². The highest BCUT2D eigenvalue weighted by atomic mass is 15.3. The van der Waals surface area contributed by atoms with Crippen molar-refractivity contribution in [2.75, 3.05) is 5.73 Å². The number of hydrogen-bond acceptors (Lipinski definition) is 4. The molecular formula is C10H9N5. The van der Waals surface area contributed by atoms with Crippen molar-refractivity contribution < 1.29 is 0 Å². The summed E-state index contributed by atoms with van der Waals surface area (Å²) >= 11 is 0. The van der Waals surface area contributed by atoms with Crippen LogP contribution in [-0.2, 0) is 0 Å². The Labute approximate surface area is 86.8 Å². The second-order valence-electron chi connectivity index (χ2n) is 3.09. The summed E-state index contributed by atoms with van der Waals surface area (Å²) in [7, 11) is 0. The number of hydrogen-bond donors (Lipinski definition) is 1. The molecule has 2 N–H and O–H groups in total. The molecule has 0 bridgehead atoms. The number of nitrogens with zero attached hydrogens (tertiary/aromatic N) is 4. The number of nitriles is 1. The maximum absolute atomic E-state index is 8.81. The van der Waals surface area contributed by atoms with Crippen LogP contribution in [0, 0.1) is 18.3 Å². The van der Waals surface area contributed by atoms with E-state index in [1.165, 1.54) is 4.68 Å². The fraction of sp³-hybridized carbons (Fsp3) is 0.100. The number of rotatable bonds is 1. The summed E-state index contributed by atoms with van der Waals surface area (Å²) in [6.07, 6.45) is 3.31. The molecule has 0 atom stereocenters. The molecule has 0 saturated carbocycles. The fourth-order valence-electron chi connectivity index (χ4n) is 1.29. The summed E-state index contributed by atoms with van der Waals surface area (Å²) in [5.74, 6) is 0.472. The van der Waals surface area contributed by atoms with Crippen molar-refractivity contribution in [2.45, 2.75) is 6.92 Å². The zero-order valence-electron chi connectivity index (χ0n) is 8.18. The molecule has 0 saturated heterocycles. The summed E-state index contributed by atoms with van der Waals surface area (Å²) in [5, 5.41) is 12.9. The summed E-state index contributed by atoms with van der Waals surface area (Å²) in [6, 6.07) is 5.61. The largest absolute Gasteiger partial charge is 0.383 e.